The highest BCUT2D eigenvalue weighted by molar-refractivity contribution is 7.89. The number of hydrogen-bond donors (Lipinski definition) is 1. The molecule has 118 valence electrons. The third-order valence-electron chi connectivity index (χ3n) is 4.12. The molecule has 21 heavy (non-hydrogen) atoms. The van der Waals surface area contributed by atoms with Crippen molar-refractivity contribution in [1.82, 2.24) is 9.62 Å². The minimum absolute atomic E-state index is 0.0410. The molecule has 1 aromatic rings. The monoisotopic (exact) mass is 314 g/mol. The van der Waals surface area contributed by atoms with Crippen LogP contribution in [0.1, 0.15) is 26.7 Å². The fraction of sp³-hybridized carbons (Fsp3) is 0.600. The molecule has 1 aromatic carbocycles. The van der Waals surface area contributed by atoms with Crippen LogP contribution in [0.5, 0.6) is 0 Å². The molecule has 2 rings (SSSR count). The maximum absolute atomic E-state index is 13.3. The number of nitrogens with zero attached hydrogens (tertiary/aromatic N) is 1. The van der Waals surface area contributed by atoms with Gasteiger partial charge in [0.2, 0.25) is 10.0 Å². The third-order valence-corrected chi connectivity index (χ3v) is 5.98. The molecule has 1 heterocycles. The summed E-state index contributed by atoms with van der Waals surface area (Å²) in [5.74, 6) is -0.229. The van der Waals surface area contributed by atoms with Crippen molar-refractivity contribution in [3.63, 3.8) is 0 Å². The largest absolute Gasteiger partial charge is 0.314 e. The Kier molecular flexibility index (Phi) is 5.35. The van der Waals surface area contributed by atoms with Crippen molar-refractivity contribution in [2.75, 3.05) is 19.6 Å². The topological polar surface area (TPSA) is 49.4 Å². The van der Waals surface area contributed by atoms with Gasteiger partial charge in [0.25, 0.3) is 0 Å². The Morgan fingerprint density at radius 2 is 2.14 bits per heavy atom. The van der Waals surface area contributed by atoms with Gasteiger partial charge in [0.15, 0.2) is 0 Å². The number of halogens is 1. The molecule has 0 spiro atoms. The van der Waals surface area contributed by atoms with Gasteiger partial charge in [-0.3, -0.25) is 0 Å². The highest BCUT2D eigenvalue weighted by Crippen LogP contribution is 2.26. The smallest absolute Gasteiger partial charge is 0.243 e. The van der Waals surface area contributed by atoms with Gasteiger partial charge in [-0.1, -0.05) is 26.3 Å². The third kappa shape index (κ3) is 3.62. The Morgan fingerprint density at radius 1 is 1.38 bits per heavy atom. The molecular formula is C15H23FN2O2S. The Labute approximate surface area is 126 Å². The first-order valence-electron chi connectivity index (χ1n) is 7.48. The molecule has 4 nitrogen and oxygen atoms in total. The van der Waals surface area contributed by atoms with E-state index in [0.29, 0.717) is 25.0 Å². The molecule has 0 aliphatic carbocycles. The van der Waals surface area contributed by atoms with Gasteiger partial charge in [0, 0.05) is 19.1 Å². The number of rotatable bonds is 5. The highest BCUT2D eigenvalue weighted by Gasteiger charge is 2.34. The summed E-state index contributed by atoms with van der Waals surface area (Å²) in [6, 6.07) is 5.59. The maximum Gasteiger partial charge on any atom is 0.243 e. The Balaban J connectivity index is 2.18. The lowest BCUT2D eigenvalue weighted by Gasteiger charge is -2.37. The van der Waals surface area contributed by atoms with Crippen LogP contribution in [0, 0.1) is 11.7 Å². The minimum Gasteiger partial charge on any atom is -0.314 e. The summed E-state index contributed by atoms with van der Waals surface area (Å²) in [4.78, 5) is 0.0410. The van der Waals surface area contributed by atoms with Crippen LogP contribution in [-0.4, -0.2) is 38.4 Å². The predicted molar refractivity (Wildman–Crippen MR) is 81.0 cm³/mol. The molecule has 0 amide bonds. The van der Waals surface area contributed by atoms with Gasteiger partial charge >= 0.3 is 0 Å². The second-order valence-electron chi connectivity index (χ2n) is 5.44. The molecule has 0 saturated carbocycles. The Morgan fingerprint density at radius 3 is 2.76 bits per heavy atom. The molecule has 2 atom stereocenters. The van der Waals surface area contributed by atoms with Crippen LogP contribution in [0.15, 0.2) is 29.2 Å². The molecule has 6 heteroatoms. The van der Waals surface area contributed by atoms with Crippen molar-refractivity contribution < 1.29 is 12.8 Å². The lowest BCUT2D eigenvalue weighted by Crippen LogP contribution is -2.50. The van der Waals surface area contributed by atoms with E-state index in [0.717, 1.165) is 25.5 Å². The van der Waals surface area contributed by atoms with Crippen molar-refractivity contribution in [3.8, 4) is 0 Å². The molecule has 1 saturated heterocycles. The summed E-state index contributed by atoms with van der Waals surface area (Å²) < 4.78 is 40.0. The van der Waals surface area contributed by atoms with E-state index < -0.39 is 15.8 Å². The number of benzene rings is 1. The lowest BCUT2D eigenvalue weighted by atomic mass is 9.91. The molecule has 1 fully saturated rings. The number of hydrogen-bond acceptors (Lipinski definition) is 3. The van der Waals surface area contributed by atoms with Gasteiger partial charge < -0.3 is 5.32 Å². The first-order chi connectivity index (χ1) is 9.98. The van der Waals surface area contributed by atoms with E-state index in [1.807, 2.05) is 0 Å². The van der Waals surface area contributed by atoms with Crippen molar-refractivity contribution >= 4 is 10.0 Å². The first kappa shape index (κ1) is 16.4. The van der Waals surface area contributed by atoms with E-state index in [-0.39, 0.29) is 4.90 Å². The standard InChI is InChI=1S/C15H23FN2O2S/c1-3-12-11-18(9-8-15(12)17-4-2)21(19,20)14-7-5-6-13(16)10-14/h5-7,10,12,15,17H,3-4,8-9,11H2,1-2H3. The summed E-state index contributed by atoms with van der Waals surface area (Å²) in [5, 5.41) is 3.42. The zero-order valence-electron chi connectivity index (χ0n) is 12.5. The van der Waals surface area contributed by atoms with Crippen LogP contribution in [-0.2, 0) is 10.0 Å². The second-order valence-corrected chi connectivity index (χ2v) is 7.38. The van der Waals surface area contributed by atoms with Crippen LogP contribution in [0.3, 0.4) is 0 Å². The van der Waals surface area contributed by atoms with E-state index in [1.54, 1.807) is 0 Å². The van der Waals surface area contributed by atoms with E-state index in [4.69, 9.17) is 0 Å². The summed E-state index contributed by atoms with van der Waals surface area (Å²) in [6.45, 7) is 5.99. The van der Waals surface area contributed by atoms with E-state index in [9.17, 15) is 12.8 Å². The van der Waals surface area contributed by atoms with Crippen molar-refractivity contribution in [3.05, 3.63) is 30.1 Å². The van der Waals surface area contributed by atoms with Gasteiger partial charge in [0.1, 0.15) is 5.82 Å². The zero-order chi connectivity index (χ0) is 15.5. The number of piperidine rings is 1. The van der Waals surface area contributed by atoms with E-state index in [2.05, 4.69) is 19.2 Å². The molecule has 1 aliphatic rings. The minimum atomic E-state index is -3.60. The van der Waals surface area contributed by atoms with Gasteiger partial charge in [0.05, 0.1) is 4.90 Å². The summed E-state index contributed by atoms with van der Waals surface area (Å²) in [6.07, 6.45) is 1.72. The number of sulfonamides is 1. The predicted octanol–water partition coefficient (Wildman–Crippen LogP) is 2.22. The second kappa shape index (κ2) is 6.85. The average Bonchev–Trinajstić information content (AvgIpc) is 2.47. The van der Waals surface area contributed by atoms with Crippen LogP contribution in [0.2, 0.25) is 0 Å². The number of nitrogens with one attached hydrogen (secondary N) is 1. The summed E-state index contributed by atoms with van der Waals surface area (Å²) >= 11 is 0. The van der Waals surface area contributed by atoms with Crippen LogP contribution >= 0.6 is 0 Å². The summed E-state index contributed by atoms with van der Waals surface area (Å²) in [7, 11) is -3.60. The van der Waals surface area contributed by atoms with E-state index >= 15 is 0 Å². The fourth-order valence-corrected chi connectivity index (χ4v) is 4.48. The SMILES string of the molecule is CCNC1CCN(S(=O)(=O)c2cccc(F)c2)CC1CC. The molecule has 0 bridgehead atoms. The van der Waals surface area contributed by atoms with Crippen molar-refractivity contribution in [2.45, 2.75) is 37.6 Å². The van der Waals surface area contributed by atoms with Crippen molar-refractivity contribution in [2.24, 2.45) is 5.92 Å². The molecule has 1 N–H and O–H groups in total. The highest BCUT2D eigenvalue weighted by atomic mass is 32.2. The fourth-order valence-electron chi connectivity index (χ4n) is 2.94. The molecule has 0 radical (unpaired) electrons. The molecule has 2 unspecified atom stereocenters. The van der Waals surface area contributed by atoms with Crippen LogP contribution in [0.25, 0.3) is 0 Å². The molecular weight excluding hydrogens is 291 g/mol. The van der Waals surface area contributed by atoms with Gasteiger partial charge in [-0.15, -0.1) is 0 Å². The normalized spacial score (nSPS) is 24.1. The van der Waals surface area contributed by atoms with Crippen molar-refractivity contribution in [1.29, 1.82) is 0 Å². The zero-order valence-corrected chi connectivity index (χ0v) is 13.4. The maximum atomic E-state index is 13.3. The Bertz CT molecular complexity index is 577. The van der Waals surface area contributed by atoms with Crippen LogP contribution in [0.4, 0.5) is 4.39 Å². The quantitative estimate of drug-likeness (QED) is 0.906. The molecule has 1 aliphatic heterocycles. The van der Waals surface area contributed by atoms with Gasteiger partial charge in [-0.25, -0.2) is 12.8 Å². The Hall–Kier alpha value is -0.980. The average molecular weight is 314 g/mol. The van der Waals surface area contributed by atoms with Gasteiger partial charge in [-0.2, -0.15) is 4.31 Å². The molecule has 0 aromatic heterocycles. The summed E-state index contributed by atoms with van der Waals surface area (Å²) in [5.41, 5.74) is 0. The van der Waals surface area contributed by atoms with E-state index in [1.165, 1.54) is 22.5 Å². The van der Waals surface area contributed by atoms with Crippen LogP contribution < -0.4 is 5.32 Å². The first-order valence-corrected chi connectivity index (χ1v) is 8.92. The lowest BCUT2D eigenvalue weighted by molar-refractivity contribution is 0.204. The van der Waals surface area contributed by atoms with Gasteiger partial charge in [-0.05, 0) is 37.1 Å².